The second kappa shape index (κ2) is 5.72. The fraction of sp³-hybridized carbons (Fsp3) is 0.636. The summed E-state index contributed by atoms with van der Waals surface area (Å²) in [4.78, 5) is 11.6. The SMILES string of the molecule is COC(=O)c1c(N)nsc1NCC1(O)CCOCC1. The van der Waals surface area contributed by atoms with Crippen LogP contribution < -0.4 is 11.1 Å². The third-order valence-electron chi connectivity index (χ3n) is 3.11. The van der Waals surface area contributed by atoms with Gasteiger partial charge in [-0.3, -0.25) is 0 Å². The molecule has 2 heterocycles. The van der Waals surface area contributed by atoms with Gasteiger partial charge in [0.2, 0.25) is 0 Å². The molecular formula is C11H17N3O4S. The molecule has 0 unspecified atom stereocenters. The topological polar surface area (TPSA) is 107 Å². The Bertz CT molecular complexity index is 457. The van der Waals surface area contributed by atoms with Crippen molar-refractivity contribution in [3.63, 3.8) is 0 Å². The van der Waals surface area contributed by atoms with Crippen molar-refractivity contribution in [2.75, 3.05) is 37.9 Å². The van der Waals surface area contributed by atoms with Gasteiger partial charge in [-0.2, -0.15) is 4.37 Å². The van der Waals surface area contributed by atoms with Crippen molar-refractivity contribution in [1.82, 2.24) is 4.37 Å². The molecule has 1 aliphatic rings. The van der Waals surface area contributed by atoms with Crippen molar-refractivity contribution < 1.29 is 19.4 Å². The molecule has 0 radical (unpaired) electrons. The van der Waals surface area contributed by atoms with E-state index in [-0.39, 0.29) is 11.4 Å². The average Bonchev–Trinajstić information content (AvgIpc) is 2.78. The van der Waals surface area contributed by atoms with Crippen molar-refractivity contribution in [3.8, 4) is 0 Å². The number of nitrogens with two attached hydrogens (primary N) is 1. The first-order chi connectivity index (χ1) is 9.06. The van der Waals surface area contributed by atoms with Crippen molar-refractivity contribution >= 4 is 28.3 Å². The number of hydrogen-bond acceptors (Lipinski definition) is 8. The smallest absolute Gasteiger partial charge is 0.344 e. The van der Waals surface area contributed by atoms with Crippen LogP contribution in [0.2, 0.25) is 0 Å². The summed E-state index contributed by atoms with van der Waals surface area (Å²) in [7, 11) is 1.29. The highest BCUT2D eigenvalue weighted by Crippen LogP contribution is 2.29. The third-order valence-corrected chi connectivity index (χ3v) is 3.93. The molecule has 1 saturated heterocycles. The number of carbonyl (C=O) groups excluding carboxylic acids is 1. The van der Waals surface area contributed by atoms with Crippen LogP contribution in [0.1, 0.15) is 23.2 Å². The van der Waals surface area contributed by atoms with Gasteiger partial charge >= 0.3 is 5.97 Å². The van der Waals surface area contributed by atoms with Gasteiger partial charge in [-0.25, -0.2) is 4.79 Å². The Morgan fingerprint density at radius 2 is 2.32 bits per heavy atom. The molecule has 0 aromatic carbocycles. The van der Waals surface area contributed by atoms with Gasteiger partial charge in [-0.15, -0.1) is 0 Å². The van der Waals surface area contributed by atoms with Crippen LogP contribution in [0.4, 0.5) is 10.8 Å². The molecule has 1 fully saturated rings. The molecule has 0 bridgehead atoms. The van der Waals surface area contributed by atoms with Crippen LogP contribution in [0.5, 0.6) is 0 Å². The number of ether oxygens (including phenoxy) is 2. The Morgan fingerprint density at radius 3 is 2.95 bits per heavy atom. The predicted octanol–water partition coefficient (Wildman–Crippen LogP) is 0.465. The van der Waals surface area contributed by atoms with Crippen LogP contribution in [-0.2, 0) is 9.47 Å². The van der Waals surface area contributed by atoms with Gasteiger partial charge in [0.15, 0.2) is 5.82 Å². The van der Waals surface area contributed by atoms with E-state index < -0.39 is 11.6 Å². The number of nitrogens with zero attached hydrogens (tertiary/aromatic N) is 1. The maximum absolute atomic E-state index is 11.6. The fourth-order valence-corrected chi connectivity index (χ4v) is 2.59. The molecule has 0 atom stereocenters. The Hall–Kier alpha value is -1.38. The Balaban J connectivity index is 2.05. The van der Waals surface area contributed by atoms with Crippen LogP contribution in [0, 0.1) is 0 Å². The van der Waals surface area contributed by atoms with E-state index in [2.05, 4.69) is 14.4 Å². The van der Waals surface area contributed by atoms with E-state index in [0.717, 1.165) is 11.5 Å². The van der Waals surface area contributed by atoms with Crippen LogP contribution in [0.15, 0.2) is 0 Å². The standard InChI is InChI=1S/C11H17N3O4S/c1-17-10(15)7-8(12)14-19-9(7)13-6-11(16)2-4-18-5-3-11/h13,16H,2-6H2,1H3,(H2,12,14). The molecule has 1 aromatic rings. The van der Waals surface area contributed by atoms with Crippen LogP contribution >= 0.6 is 11.5 Å². The summed E-state index contributed by atoms with van der Waals surface area (Å²) in [6.45, 7) is 1.39. The number of methoxy groups -OCH3 is 1. The molecule has 0 saturated carbocycles. The zero-order chi connectivity index (χ0) is 13.9. The van der Waals surface area contributed by atoms with Crippen molar-refractivity contribution in [3.05, 3.63) is 5.56 Å². The Morgan fingerprint density at radius 1 is 1.63 bits per heavy atom. The molecular weight excluding hydrogens is 270 g/mol. The molecule has 2 rings (SSSR count). The fourth-order valence-electron chi connectivity index (χ4n) is 1.90. The summed E-state index contributed by atoms with van der Waals surface area (Å²) in [6, 6.07) is 0. The minimum Gasteiger partial charge on any atom is -0.465 e. The lowest BCUT2D eigenvalue weighted by atomic mass is 9.94. The number of aliphatic hydroxyl groups is 1. The summed E-state index contributed by atoms with van der Waals surface area (Å²) in [5.74, 6) is -0.397. The van der Waals surface area contributed by atoms with Gasteiger partial charge in [0.25, 0.3) is 0 Å². The maximum Gasteiger partial charge on any atom is 0.344 e. The maximum atomic E-state index is 11.6. The molecule has 1 aliphatic heterocycles. The highest BCUT2D eigenvalue weighted by Gasteiger charge is 2.30. The van der Waals surface area contributed by atoms with Crippen molar-refractivity contribution in [2.24, 2.45) is 0 Å². The van der Waals surface area contributed by atoms with E-state index >= 15 is 0 Å². The minimum absolute atomic E-state index is 0.137. The first kappa shape index (κ1) is 14.0. The van der Waals surface area contributed by atoms with Gasteiger partial charge in [0.05, 0.1) is 12.7 Å². The zero-order valence-corrected chi connectivity index (χ0v) is 11.5. The monoisotopic (exact) mass is 287 g/mol. The second-order valence-corrected chi connectivity index (χ2v) is 5.23. The van der Waals surface area contributed by atoms with E-state index in [4.69, 9.17) is 10.5 Å². The summed E-state index contributed by atoms with van der Waals surface area (Å²) < 4.78 is 13.8. The van der Waals surface area contributed by atoms with Crippen LogP contribution in [-0.4, -0.2) is 47.9 Å². The second-order valence-electron chi connectivity index (χ2n) is 4.45. The molecule has 7 nitrogen and oxygen atoms in total. The number of carbonyl (C=O) groups is 1. The Kier molecular flexibility index (Phi) is 4.23. The van der Waals surface area contributed by atoms with Crippen molar-refractivity contribution in [2.45, 2.75) is 18.4 Å². The molecule has 19 heavy (non-hydrogen) atoms. The lowest BCUT2D eigenvalue weighted by molar-refractivity contribution is -0.0543. The molecule has 8 heteroatoms. The summed E-state index contributed by atoms with van der Waals surface area (Å²) in [6.07, 6.45) is 1.11. The van der Waals surface area contributed by atoms with Crippen LogP contribution in [0.3, 0.4) is 0 Å². The lowest BCUT2D eigenvalue weighted by Crippen LogP contribution is -2.42. The molecule has 0 amide bonds. The normalized spacial score (nSPS) is 18.0. The lowest BCUT2D eigenvalue weighted by Gasteiger charge is -2.32. The predicted molar refractivity (Wildman–Crippen MR) is 71.4 cm³/mol. The zero-order valence-electron chi connectivity index (χ0n) is 10.6. The number of nitrogen functional groups attached to an aromatic ring is 1. The largest absolute Gasteiger partial charge is 0.465 e. The van der Waals surface area contributed by atoms with E-state index in [9.17, 15) is 9.90 Å². The molecule has 106 valence electrons. The number of rotatable bonds is 4. The van der Waals surface area contributed by atoms with Gasteiger partial charge < -0.3 is 25.6 Å². The van der Waals surface area contributed by atoms with E-state index in [1.807, 2.05) is 0 Å². The highest BCUT2D eigenvalue weighted by atomic mass is 32.1. The first-order valence-electron chi connectivity index (χ1n) is 5.93. The quantitative estimate of drug-likeness (QED) is 0.691. The van der Waals surface area contributed by atoms with Gasteiger partial charge in [0, 0.05) is 32.6 Å². The van der Waals surface area contributed by atoms with Crippen LogP contribution in [0.25, 0.3) is 0 Å². The first-order valence-corrected chi connectivity index (χ1v) is 6.70. The number of anilines is 2. The van der Waals surface area contributed by atoms with E-state index in [1.54, 1.807) is 0 Å². The minimum atomic E-state index is -0.829. The highest BCUT2D eigenvalue weighted by molar-refractivity contribution is 7.11. The number of hydrogen-bond donors (Lipinski definition) is 3. The van der Waals surface area contributed by atoms with Gasteiger partial charge in [-0.05, 0) is 11.5 Å². The molecule has 1 aromatic heterocycles. The van der Waals surface area contributed by atoms with E-state index in [0.29, 0.717) is 37.6 Å². The summed E-state index contributed by atoms with van der Waals surface area (Å²) in [5.41, 5.74) is 5.03. The van der Waals surface area contributed by atoms with E-state index in [1.165, 1.54) is 7.11 Å². The molecule has 4 N–H and O–H groups in total. The average molecular weight is 287 g/mol. The number of aromatic nitrogens is 1. The summed E-state index contributed by atoms with van der Waals surface area (Å²) in [5, 5.41) is 13.9. The summed E-state index contributed by atoms with van der Waals surface area (Å²) >= 11 is 1.08. The molecule has 0 spiro atoms. The number of esters is 1. The van der Waals surface area contributed by atoms with Gasteiger partial charge in [-0.1, -0.05) is 0 Å². The van der Waals surface area contributed by atoms with Gasteiger partial charge in [0.1, 0.15) is 10.6 Å². The molecule has 0 aliphatic carbocycles. The number of nitrogens with one attached hydrogen (secondary N) is 1. The third kappa shape index (κ3) is 3.14. The van der Waals surface area contributed by atoms with Crippen molar-refractivity contribution in [1.29, 1.82) is 0 Å². The Labute approximate surface area is 114 Å².